The Kier molecular flexibility index (Phi) is 3.59. The quantitative estimate of drug-likeness (QED) is 0.745. The topological polar surface area (TPSA) is 40.5 Å². The van der Waals surface area contributed by atoms with E-state index in [0.29, 0.717) is 16.9 Å². The largest absolute Gasteiger partial charge is 0.493 e. The zero-order valence-electron chi connectivity index (χ0n) is 12.8. The smallest absolute Gasteiger partial charge is 0.262 e. The van der Waals surface area contributed by atoms with Crippen LogP contribution in [0.5, 0.6) is 11.5 Å². The molecular weight excluding hydrogens is 278 g/mol. The molecule has 1 aromatic heterocycles. The molecule has 0 aliphatic heterocycles. The summed E-state index contributed by atoms with van der Waals surface area (Å²) in [5.41, 5.74) is 1.93. The van der Waals surface area contributed by atoms with Crippen LogP contribution in [0.25, 0.3) is 21.9 Å². The standard InChI is InChI=1S/C18H17NO3/c1-19-11-14(12-7-5-4-6-8-12)13-9-10-15(21-2)17(22-3)16(13)18(19)20/h4-11H,1-3H3. The number of nitrogens with zero attached hydrogens (tertiary/aromatic N) is 1. The van der Waals surface area contributed by atoms with Gasteiger partial charge < -0.3 is 14.0 Å². The van der Waals surface area contributed by atoms with Crippen LogP contribution in [-0.4, -0.2) is 18.8 Å². The van der Waals surface area contributed by atoms with E-state index < -0.39 is 0 Å². The summed E-state index contributed by atoms with van der Waals surface area (Å²) >= 11 is 0. The summed E-state index contributed by atoms with van der Waals surface area (Å²) < 4.78 is 12.3. The first kappa shape index (κ1) is 14.2. The van der Waals surface area contributed by atoms with Crippen molar-refractivity contribution in [2.24, 2.45) is 7.05 Å². The number of aryl methyl sites for hydroxylation is 1. The first-order valence-electron chi connectivity index (χ1n) is 6.97. The molecule has 0 aliphatic rings. The number of rotatable bonds is 3. The van der Waals surface area contributed by atoms with Gasteiger partial charge in [0.2, 0.25) is 0 Å². The highest BCUT2D eigenvalue weighted by Crippen LogP contribution is 2.37. The van der Waals surface area contributed by atoms with Crippen LogP contribution in [0.4, 0.5) is 0 Å². The molecule has 3 aromatic rings. The predicted molar refractivity (Wildman–Crippen MR) is 87.7 cm³/mol. The van der Waals surface area contributed by atoms with Gasteiger partial charge in [0.1, 0.15) is 0 Å². The highest BCUT2D eigenvalue weighted by molar-refractivity contribution is 6.00. The van der Waals surface area contributed by atoms with E-state index in [9.17, 15) is 4.79 Å². The van der Waals surface area contributed by atoms with E-state index in [2.05, 4.69) is 0 Å². The summed E-state index contributed by atoms with van der Waals surface area (Å²) in [5.74, 6) is 1.02. The number of hydrogen-bond donors (Lipinski definition) is 0. The van der Waals surface area contributed by atoms with Crippen molar-refractivity contribution in [2.75, 3.05) is 14.2 Å². The van der Waals surface area contributed by atoms with Crippen molar-refractivity contribution in [1.29, 1.82) is 0 Å². The van der Waals surface area contributed by atoms with Crippen LogP contribution in [0.2, 0.25) is 0 Å². The third kappa shape index (κ3) is 2.13. The molecule has 22 heavy (non-hydrogen) atoms. The fourth-order valence-corrected chi connectivity index (χ4v) is 2.71. The summed E-state index contributed by atoms with van der Waals surface area (Å²) in [6.45, 7) is 0. The van der Waals surface area contributed by atoms with Crippen LogP contribution >= 0.6 is 0 Å². The van der Waals surface area contributed by atoms with Crippen molar-refractivity contribution < 1.29 is 9.47 Å². The zero-order chi connectivity index (χ0) is 15.7. The highest BCUT2D eigenvalue weighted by Gasteiger charge is 2.16. The lowest BCUT2D eigenvalue weighted by Crippen LogP contribution is -2.17. The van der Waals surface area contributed by atoms with E-state index in [1.807, 2.05) is 48.7 Å². The average molecular weight is 295 g/mol. The number of methoxy groups -OCH3 is 2. The number of fused-ring (bicyclic) bond motifs is 1. The summed E-state index contributed by atoms with van der Waals surface area (Å²) in [5, 5.41) is 1.39. The normalized spacial score (nSPS) is 10.7. The Morgan fingerprint density at radius 2 is 1.68 bits per heavy atom. The van der Waals surface area contributed by atoms with Crippen LogP contribution in [0.3, 0.4) is 0 Å². The molecule has 2 aromatic carbocycles. The van der Waals surface area contributed by atoms with E-state index in [-0.39, 0.29) is 5.56 Å². The van der Waals surface area contributed by atoms with Crippen molar-refractivity contribution in [3.05, 3.63) is 59.0 Å². The maximum absolute atomic E-state index is 12.6. The molecule has 1 heterocycles. The van der Waals surface area contributed by atoms with Crippen LogP contribution in [0.15, 0.2) is 53.5 Å². The minimum atomic E-state index is -0.106. The fourth-order valence-electron chi connectivity index (χ4n) is 2.71. The molecular formula is C18H17NO3. The molecule has 0 unspecified atom stereocenters. The number of aromatic nitrogens is 1. The van der Waals surface area contributed by atoms with Gasteiger partial charge in [0.15, 0.2) is 11.5 Å². The van der Waals surface area contributed by atoms with Gasteiger partial charge in [-0.2, -0.15) is 0 Å². The van der Waals surface area contributed by atoms with Crippen LogP contribution in [0.1, 0.15) is 0 Å². The van der Waals surface area contributed by atoms with E-state index in [1.165, 1.54) is 0 Å². The van der Waals surface area contributed by atoms with Crippen molar-refractivity contribution in [3.63, 3.8) is 0 Å². The van der Waals surface area contributed by atoms with Gasteiger partial charge in [0.25, 0.3) is 5.56 Å². The lowest BCUT2D eigenvalue weighted by Gasteiger charge is -2.14. The Bertz CT molecular complexity index is 882. The second-order valence-electron chi connectivity index (χ2n) is 5.05. The minimum absolute atomic E-state index is 0.106. The minimum Gasteiger partial charge on any atom is -0.493 e. The van der Waals surface area contributed by atoms with E-state index >= 15 is 0 Å². The van der Waals surface area contributed by atoms with Gasteiger partial charge in [0, 0.05) is 24.2 Å². The van der Waals surface area contributed by atoms with Gasteiger partial charge in [-0.15, -0.1) is 0 Å². The molecule has 4 nitrogen and oxygen atoms in total. The summed E-state index contributed by atoms with van der Waals surface area (Å²) in [6.07, 6.45) is 1.85. The first-order chi connectivity index (χ1) is 10.7. The van der Waals surface area contributed by atoms with Crippen molar-refractivity contribution in [2.45, 2.75) is 0 Å². The number of hydrogen-bond acceptors (Lipinski definition) is 3. The molecule has 0 saturated heterocycles. The predicted octanol–water partition coefficient (Wildman–Crippen LogP) is 3.22. The molecule has 3 rings (SSSR count). The second kappa shape index (κ2) is 5.56. The van der Waals surface area contributed by atoms with Gasteiger partial charge in [0.05, 0.1) is 19.6 Å². The Morgan fingerprint density at radius 1 is 0.955 bits per heavy atom. The Hall–Kier alpha value is -2.75. The van der Waals surface area contributed by atoms with E-state index in [0.717, 1.165) is 16.5 Å². The summed E-state index contributed by atoms with van der Waals surface area (Å²) in [4.78, 5) is 12.6. The second-order valence-corrected chi connectivity index (χ2v) is 5.05. The molecule has 0 aliphatic carbocycles. The van der Waals surface area contributed by atoms with Crippen molar-refractivity contribution in [3.8, 4) is 22.6 Å². The molecule has 0 amide bonds. The highest BCUT2D eigenvalue weighted by atomic mass is 16.5. The van der Waals surface area contributed by atoms with Crippen molar-refractivity contribution in [1.82, 2.24) is 4.57 Å². The number of pyridine rings is 1. The summed E-state index contributed by atoms with van der Waals surface area (Å²) in [6, 6.07) is 13.7. The molecule has 4 heteroatoms. The molecule has 0 atom stereocenters. The van der Waals surface area contributed by atoms with Gasteiger partial charge in [-0.3, -0.25) is 4.79 Å². The van der Waals surface area contributed by atoms with E-state index in [1.54, 1.807) is 25.8 Å². The van der Waals surface area contributed by atoms with Crippen molar-refractivity contribution >= 4 is 10.8 Å². The van der Waals surface area contributed by atoms with Gasteiger partial charge in [-0.25, -0.2) is 0 Å². The van der Waals surface area contributed by atoms with Gasteiger partial charge in [-0.1, -0.05) is 30.3 Å². The Morgan fingerprint density at radius 3 is 2.32 bits per heavy atom. The third-order valence-corrected chi connectivity index (χ3v) is 3.78. The van der Waals surface area contributed by atoms with Gasteiger partial charge >= 0.3 is 0 Å². The third-order valence-electron chi connectivity index (χ3n) is 3.78. The molecule has 0 bridgehead atoms. The lowest BCUT2D eigenvalue weighted by atomic mass is 10.00. The molecule has 0 N–H and O–H groups in total. The molecule has 0 fully saturated rings. The van der Waals surface area contributed by atoms with Crippen LogP contribution in [-0.2, 0) is 7.05 Å². The fraction of sp³-hybridized carbons (Fsp3) is 0.167. The Balaban J connectivity index is 2.47. The molecule has 0 radical (unpaired) electrons. The maximum atomic E-state index is 12.6. The maximum Gasteiger partial charge on any atom is 0.262 e. The molecule has 112 valence electrons. The molecule has 0 spiro atoms. The number of ether oxygens (including phenoxy) is 2. The lowest BCUT2D eigenvalue weighted by molar-refractivity contribution is 0.358. The first-order valence-corrected chi connectivity index (χ1v) is 6.97. The number of benzene rings is 2. The summed E-state index contributed by atoms with van der Waals surface area (Å²) in [7, 11) is 4.86. The van der Waals surface area contributed by atoms with Gasteiger partial charge in [-0.05, 0) is 17.7 Å². The Labute approximate surface area is 128 Å². The average Bonchev–Trinajstić information content (AvgIpc) is 2.57. The molecule has 0 saturated carbocycles. The van der Waals surface area contributed by atoms with Crippen LogP contribution in [0, 0.1) is 0 Å². The van der Waals surface area contributed by atoms with Crippen LogP contribution < -0.4 is 15.0 Å². The SMILES string of the molecule is COc1ccc2c(-c3ccccc3)cn(C)c(=O)c2c1OC. The monoisotopic (exact) mass is 295 g/mol. The zero-order valence-corrected chi connectivity index (χ0v) is 12.8. The van der Waals surface area contributed by atoms with E-state index in [4.69, 9.17) is 9.47 Å².